The van der Waals surface area contributed by atoms with Crippen molar-refractivity contribution in [3.05, 3.63) is 65.6 Å². The maximum Gasteiger partial charge on any atom is 0.434 e. The van der Waals surface area contributed by atoms with Crippen LogP contribution in [-0.2, 0) is 13.2 Å². The molecule has 0 amide bonds. The number of benzene rings is 1. The summed E-state index contributed by atoms with van der Waals surface area (Å²) in [6, 6.07) is 5.58. The van der Waals surface area contributed by atoms with Crippen LogP contribution in [0.4, 0.5) is 26.3 Å². The van der Waals surface area contributed by atoms with Gasteiger partial charge >= 0.3 is 6.18 Å². The number of hydrogen-bond acceptors (Lipinski definition) is 7. The molecule has 44 heavy (non-hydrogen) atoms. The number of ether oxygens (including phenoxy) is 1. The van der Waals surface area contributed by atoms with E-state index in [-0.39, 0.29) is 34.6 Å². The van der Waals surface area contributed by atoms with Gasteiger partial charge in [0.2, 0.25) is 17.8 Å². The minimum absolute atomic E-state index is 0.00597. The van der Waals surface area contributed by atoms with Crippen LogP contribution in [0.2, 0.25) is 0 Å². The third-order valence-electron chi connectivity index (χ3n) is 7.58. The van der Waals surface area contributed by atoms with Gasteiger partial charge in [-0.1, -0.05) is 24.3 Å². The molecular formula is C28H25F6N9O. The van der Waals surface area contributed by atoms with Crippen LogP contribution in [0, 0.1) is 5.41 Å². The maximum absolute atomic E-state index is 14.9. The Balaban J connectivity index is 1.48. The van der Waals surface area contributed by atoms with Crippen molar-refractivity contribution in [2.24, 2.45) is 7.05 Å². The zero-order valence-corrected chi connectivity index (χ0v) is 23.5. The molecule has 10 nitrogen and oxygen atoms in total. The van der Waals surface area contributed by atoms with Crippen molar-refractivity contribution in [1.29, 1.82) is 5.41 Å². The van der Waals surface area contributed by atoms with Gasteiger partial charge in [-0.25, -0.2) is 38.1 Å². The van der Waals surface area contributed by atoms with Crippen molar-refractivity contribution in [2.45, 2.75) is 50.6 Å². The Morgan fingerprint density at radius 1 is 1.00 bits per heavy atom. The van der Waals surface area contributed by atoms with Crippen LogP contribution in [-0.4, -0.2) is 52.2 Å². The van der Waals surface area contributed by atoms with Crippen LogP contribution >= 0.6 is 0 Å². The molecule has 0 saturated heterocycles. The first-order valence-corrected chi connectivity index (χ1v) is 13.5. The molecule has 1 N–H and O–H groups in total. The summed E-state index contributed by atoms with van der Waals surface area (Å²) in [4.78, 5) is 21.2. The minimum Gasteiger partial charge on any atom is -0.480 e. The number of aryl methyl sites for hydroxylation is 1. The predicted octanol–water partition coefficient (Wildman–Crippen LogP) is 5.82. The molecule has 0 radical (unpaired) electrons. The molecule has 1 aromatic carbocycles. The van der Waals surface area contributed by atoms with E-state index in [9.17, 15) is 26.3 Å². The molecule has 1 aliphatic carbocycles. The van der Waals surface area contributed by atoms with Crippen LogP contribution in [0.3, 0.4) is 0 Å². The van der Waals surface area contributed by atoms with E-state index in [1.165, 1.54) is 35.8 Å². The summed E-state index contributed by atoms with van der Waals surface area (Å²) in [5, 5.41) is 8.73. The van der Waals surface area contributed by atoms with Gasteiger partial charge in [0.1, 0.15) is 23.2 Å². The topological polar surface area (TPSA) is 112 Å². The summed E-state index contributed by atoms with van der Waals surface area (Å²) in [6.45, 7) is 1.67. The maximum atomic E-state index is 14.9. The average molecular weight is 618 g/mol. The summed E-state index contributed by atoms with van der Waals surface area (Å²) in [5.41, 5.74) is 0.273. The quantitative estimate of drug-likeness (QED) is 0.220. The molecule has 0 aliphatic heterocycles. The molecule has 2 atom stereocenters. The van der Waals surface area contributed by atoms with E-state index >= 15 is 0 Å². The second-order valence-corrected chi connectivity index (χ2v) is 10.4. The molecule has 0 spiro atoms. The lowest BCUT2D eigenvalue weighted by atomic mass is 10.1. The van der Waals surface area contributed by atoms with E-state index in [1.54, 1.807) is 31.2 Å². The number of halogens is 6. The molecule has 6 rings (SSSR count). The van der Waals surface area contributed by atoms with E-state index in [0.29, 0.717) is 27.0 Å². The van der Waals surface area contributed by atoms with E-state index < -0.39 is 36.3 Å². The lowest BCUT2D eigenvalue weighted by molar-refractivity contribution is -0.140. The van der Waals surface area contributed by atoms with Gasteiger partial charge in [0, 0.05) is 24.7 Å². The van der Waals surface area contributed by atoms with Crippen LogP contribution in [0.1, 0.15) is 55.0 Å². The Morgan fingerprint density at radius 2 is 1.70 bits per heavy atom. The first-order valence-electron chi connectivity index (χ1n) is 13.5. The molecule has 5 aromatic rings. The molecule has 1 saturated carbocycles. The van der Waals surface area contributed by atoms with Crippen molar-refractivity contribution < 1.29 is 31.1 Å². The summed E-state index contributed by atoms with van der Waals surface area (Å²) in [5.74, 6) is 0.554. The molecule has 2 unspecified atom stereocenters. The van der Waals surface area contributed by atoms with Gasteiger partial charge in [0.25, 0.3) is 6.43 Å². The van der Waals surface area contributed by atoms with E-state index in [2.05, 4.69) is 24.9 Å². The summed E-state index contributed by atoms with van der Waals surface area (Å²) < 4.78 is 90.2. The number of aromatic nitrogens is 8. The van der Waals surface area contributed by atoms with Crippen LogP contribution < -0.4 is 10.4 Å². The van der Waals surface area contributed by atoms with E-state index in [4.69, 9.17) is 10.1 Å². The van der Waals surface area contributed by atoms with Crippen LogP contribution in [0.25, 0.3) is 33.9 Å². The number of fused-ring (bicyclic) bond motifs is 1. The number of rotatable bonds is 8. The lowest BCUT2D eigenvalue weighted by Gasteiger charge is -2.16. The number of alkyl halides is 6. The largest absolute Gasteiger partial charge is 0.480 e. The highest BCUT2D eigenvalue weighted by Gasteiger charge is 2.35. The van der Waals surface area contributed by atoms with Gasteiger partial charge in [-0.15, -0.1) is 0 Å². The Kier molecular flexibility index (Phi) is 7.16. The van der Waals surface area contributed by atoms with Gasteiger partial charge in [-0.3, -0.25) is 14.5 Å². The van der Waals surface area contributed by atoms with Gasteiger partial charge in [-0.05, 0) is 25.3 Å². The Labute approximate surface area is 245 Å². The smallest absolute Gasteiger partial charge is 0.434 e. The van der Waals surface area contributed by atoms with Gasteiger partial charge in [0.05, 0.1) is 25.0 Å². The molecule has 16 heteroatoms. The van der Waals surface area contributed by atoms with Gasteiger partial charge in [0.15, 0.2) is 17.2 Å². The van der Waals surface area contributed by atoms with Crippen molar-refractivity contribution in [3.63, 3.8) is 0 Å². The van der Waals surface area contributed by atoms with Gasteiger partial charge < -0.3 is 9.30 Å². The molecule has 4 heterocycles. The lowest BCUT2D eigenvalue weighted by Crippen LogP contribution is -2.30. The molecule has 1 fully saturated rings. The second-order valence-electron chi connectivity index (χ2n) is 10.4. The van der Waals surface area contributed by atoms with Gasteiger partial charge in [-0.2, -0.15) is 13.2 Å². The molecule has 230 valence electrons. The SMILES string of the molecule is COc1ncnc(C2CC2)c1-c1ncc2c(n1)n(C(C)c1ccc(-c3nc(C(F)(F)F)cn3C)cc1)c(=N)n2C(F)C(F)F. The number of methoxy groups -OCH3 is 1. The third-order valence-corrected chi connectivity index (χ3v) is 7.58. The number of nitrogens with one attached hydrogen (secondary N) is 1. The van der Waals surface area contributed by atoms with Crippen molar-refractivity contribution >= 4 is 11.2 Å². The third kappa shape index (κ3) is 4.97. The van der Waals surface area contributed by atoms with E-state index in [0.717, 1.165) is 19.0 Å². The molecule has 1 aliphatic rings. The average Bonchev–Trinajstić information content (AvgIpc) is 3.70. The highest BCUT2D eigenvalue weighted by molar-refractivity contribution is 5.76. The summed E-state index contributed by atoms with van der Waals surface area (Å²) in [6.07, 6.45) is -5.67. The van der Waals surface area contributed by atoms with Crippen molar-refractivity contribution in [1.82, 2.24) is 38.6 Å². The Hall–Kier alpha value is -4.76. The Bertz CT molecular complexity index is 1910. The van der Waals surface area contributed by atoms with Crippen molar-refractivity contribution in [3.8, 4) is 28.7 Å². The fourth-order valence-corrected chi connectivity index (χ4v) is 5.24. The minimum atomic E-state index is -4.61. The molecule has 4 aromatic heterocycles. The van der Waals surface area contributed by atoms with E-state index in [1.807, 2.05) is 0 Å². The normalized spacial score (nSPS) is 15.2. The highest BCUT2D eigenvalue weighted by atomic mass is 19.4. The number of nitrogens with zero attached hydrogens (tertiary/aromatic N) is 8. The zero-order chi connectivity index (χ0) is 31.5. The molecule has 0 bridgehead atoms. The Morgan fingerprint density at radius 3 is 2.30 bits per heavy atom. The van der Waals surface area contributed by atoms with Crippen molar-refractivity contribution in [2.75, 3.05) is 7.11 Å². The fourth-order valence-electron chi connectivity index (χ4n) is 5.24. The standard InChI is InChI=1S/C28H25F6N9O/c1-13(14-4-8-16(9-5-14)24-39-18(11-41(24)2)28(32,33)34)42-25-17(43(27(42)35)22(31)21(29)30)10-36-23(40-25)19-20(15-6-7-15)37-12-38-26(19)44-3/h4-5,8-13,15,21-22,35H,6-7H2,1-3H3. The fraction of sp³-hybridized carbons (Fsp3) is 0.357. The summed E-state index contributed by atoms with van der Waals surface area (Å²) >= 11 is 0. The highest BCUT2D eigenvalue weighted by Crippen LogP contribution is 2.45. The zero-order valence-electron chi connectivity index (χ0n) is 23.5. The molecular weight excluding hydrogens is 592 g/mol. The first kappa shape index (κ1) is 29.3. The monoisotopic (exact) mass is 617 g/mol. The number of imidazole rings is 2. The second kappa shape index (κ2) is 10.7. The van der Waals surface area contributed by atoms with Crippen LogP contribution in [0.5, 0.6) is 5.88 Å². The summed E-state index contributed by atoms with van der Waals surface area (Å²) in [7, 11) is 2.87. The number of hydrogen-bond donors (Lipinski definition) is 1. The predicted molar refractivity (Wildman–Crippen MR) is 145 cm³/mol. The first-order chi connectivity index (χ1) is 20.9. The van der Waals surface area contributed by atoms with Crippen LogP contribution in [0.15, 0.2) is 43.0 Å².